The molecule has 0 unspecified atom stereocenters. The number of aryl methyl sites for hydroxylation is 1. The number of carbonyl (C=O) groups is 1. The molecule has 0 aliphatic carbocycles. The van der Waals surface area contributed by atoms with E-state index < -0.39 is 0 Å². The Morgan fingerprint density at radius 1 is 1.21 bits per heavy atom. The second kappa shape index (κ2) is 5.55. The first-order chi connectivity index (χ1) is 9.08. The minimum Gasteiger partial charge on any atom is -0.322 e. The number of benzene rings is 2. The summed E-state index contributed by atoms with van der Waals surface area (Å²) in [6, 6.07) is 13.9. The average Bonchev–Trinajstić information content (AvgIpc) is 2.38. The molecule has 0 bridgehead atoms. The molecule has 0 atom stereocenters. The summed E-state index contributed by atoms with van der Waals surface area (Å²) in [4.78, 5) is 12.0. The number of nitriles is 1. The van der Waals surface area contributed by atoms with Crippen LogP contribution in [0.1, 0.15) is 21.5 Å². The summed E-state index contributed by atoms with van der Waals surface area (Å²) in [6.07, 6.45) is 0. The summed E-state index contributed by atoms with van der Waals surface area (Å²) in [5, 5.41) is 12.0. The van der Waals surface area contributed by atoms with Crippen LogP contribution in [0.2, 0.25) is 5.02 Å². The maximum Gasteiger partial charge on any atom is 0.255 e. The fourth-order valence-electron chi connectivity index (χ4n) is 1.70. The second-order valence-corrected chi connectivity index (χ2v) is 4.60. The van der Waals surface area contributed by atoms with Crippen molar-refractivity contribution in [3.8, 4) is 6.07 Å². The minimum absolute atomic E-state index is 0.227. The maximum atomic E-state index is 12.0. The van der Waals surface area contributed by atoms with Crippen LogP contribution in [-0.4, -0.2) is 5.91 Å². The highest BCUT2D eigenvalue weighted by atomic mass is 35.5. The van der Waals surface area contributed by atoms with Gasteiger partial charge < -0.3 is 5.32 Å². The van der Waals surface area contributed by atoms with Gasteiger partial charge in [-0.1, -0.05) is 11.6 Å². The molecule has 0 saturated carbocycles. The van der Waals surface area contributed by atoms with Gasteiger partial charge in [0.25, 0.3) is 5.91 Å². The van der Waals surface area contributed by atoms with Crippen molar-refractivity contribution in [2.45, 2.75) is 6.92 Å². The van der Waals surface area contributed by atoms with Crippen molar-refractivity contribution in [3.63, 3.8) is 0 Å². The van der Waals surface area contributed by atoms with E-state index in [1.54, 1.807) is 42.5 Å². The molecule has 0 saturated heterocycles. The van der Waals surface area contributed by atoms with Gasteiger partial charge in [0.05, 0.1) is 11.6 Å². The molecule has 19 heavy (non-hydrogen) atoms. The molecule has 2 aromatic rings. The van der Waals surface area contributed by atoms with Crippen molar-refractivity contribution in [2.75, 3.05) is 5.32 Å². The second-order valence-electron chi connectivity index (χ2n) is 4.16. The van der Waals surface area contributed by atoms with E-state index in [1.807, 2.05) is 13.0 Å². The van der Waals surface area contributed by atoms with Crippen LogP contribution >= 0.6 is 11.6 Å². The van der Waals surface area contributed by atoms with Gasteiger partial charge in [-0.05, 0) is 55.0 Å². The minimum atomic E-state index is -0.227. The van der Waals surface area contributed by atoms with Crippen molar-refractivity contribution in [2.24, 2.45) is 0 Å². The molecule has 0 spiro atoms. The number of halogens is 1. The van der Waals surface area contributed by atoms with Crippen molar-refractivity contribution in [1.29, 1.82) is 5.26 Å². The zero-order valence-electron chi connectivity index (χ0n) is 10.3. The number of nitrogens with zero attached hydrogens (tertiary/aromatic N) is 1. The van der Waals surface area contributed by atoms with Gasteiger partial charge in [0.15, 0.2) is 0 Å². The van der Waals surface area contributed by atoms with E-state index >= 15 is 0 Å². The van der Waals surface area contributed by atoms with Gasteiger partial charge in [-0.15, -0.1) is 0 Å². The largest absolute Gasteiger partial charge is 0.322 e. The Morgan fingerprint density at radius 2 is 1.89 bits per heavy atom. The predicted molar refractivity (Wildman–Crippen MR) is 75.3 cm³/mol. The van der Waals surface area contributed by atoms with Crippen molar-refractivity contribution >= 4 is 23.2 Å². The first kappa shape index (κ1) is 13.1. The highest BCUT2D eigenvalue weighted by Gasteiger charge is 2.07. The van der Waals surface area contributed by atoms with Crippen LogP contribution in [0.25, 0.3) is 0 Å². The molecule has 94 valence electrons. The molecular weight excluding hydrogens is 260 g/mol. The normalized spacial score (nSPS) is 9.74. The Labute approximate surface area is 116 Å². The van der Waals surface area contributed by atoms with Crippen molar-refractivity contribution in [1.82, 2.24) is 0 Å². The lowest BCUT2D eigenvalue weighted by Crippen LogP contribution is -2.12. The average molecular weight is 271 g/mol. The summed E-state index contributed by atoms with van der Waals surface area (Å²) < 4.78 is 0. The Kier molecular flexibility index (Phi) is 3.84. The van der Waals surface area contributed by atoms with E-state index in [0.29, 0.717) is 21.8 Å². The fraction of sp³-hybridized carbons (Fsp3) is 0.0667. The van der Waals surface area contributed by atoms with Crippen LogP contribution in [-0.2, 0) is 0 Å². The van der Waals surface area contributed by atoms with Gasteiger partial charge in [0, 0.05) is 16.3 Å². The number of anilines is 1. The summed E-state index contributed by atoms with van der Waals surface area (Å²) >= 11 is 5.92. The van der Waals surface area contributed by atoms with Gasteiger partial charge in [-0.2, -0.15) is 5.26 Å². The molecule has 2 rings (SSSR count). The molecule has 0 fully saturated rings. The number of rotatable bonds is 2. The lowest BCUT2D eigenvalue weighted by Gasteiger charge is -2.06. The number of hydrogen-bond donors (Lipinski definition) is 1. The van der Waals surface area contributed by atoms with Crippen LogP contribution in [0.4, 0.5) is 5.69 Å². The zero-order valence-corrected chi connectivity index (χ0v) is 11.0. The molecule has 0 aromatic heterocycles. The number of hydrogen-bond acceptors (Lipinski definition) is 2. The lowest BCUT2D eigenvalue weighted by atomic mass is 10.1. The standard InChI is InChI=1S/C15H11ClN2O/c1-10-6-12(8-13(16)7-10)15(19)18-14-4-2-11(9-17)3-5-14/h2-8H,1H3,(H,18,19). The van der Waals surface area contributed by atoms with Gasteiger partial charge in [-0.25, -0.2) is 0 Å². The molecular formula is C15H11ClN2O. The number of amides is 1. The van der Waals surface area contributed by atoms with E-state index in [9.17, 15) is 4.79 Å². The molecule has 2 aromatic carbocycles. The molecule has 3 nitrogen and oxygen atoms in total. The quantitative estimate of drug-likeness (QED) is 0.903. The molecule has 1 N–H and O–H groups in total. The Bertz CT molecular complexity index is 637. The van der Waals surface area contributed by atoms with E-state index in [4.69, 9.17) is 16.9 Å². The number of nitrogens with one attached hydrogen (secondary N) is 1. The van der Waals surface area contributed by atoms with Crippen molar-refractivity contribution < 1.29 is 4.79 Å². The van der Waals surface area contributed by atoms with Crippen LogP contribution in [0, 0.1) is 18.3 Å². The molecule has 0 radical (unpaired) electrons. The summed E-state index contributed by atoms with van der Waals surface area (Å²) in [6.45, 7) is 1.88. The van der Waals surface area contributed by atoms with E-state index in [0.717, 1.165) is 5.56 Å². The Hall–Kier alpha value is -2.31. The predicted octanol–water partition coefficient (Wildman–Crippen LogP) is 3.77. The fourth-order valence-corrected chi connectivity index (χ4v) is 1.99. The van der Waals surface area contributed by atoms with Gasteiger partial charge >= 0.3 is 0 Å². The van der Waals surface area contributed by atoms with E-state index in [-0.39, 0.29) is 5.91 Å². The summed E-state index contributed by atoms with van der Waals surface area (Å²) in [5.41, 5.74) is 2.63. The lowest BCUT2D eigenvalue weighted by molar-refractivity contribution is 0.102. The van der Waals surface area contributed by atoms with Crippen LogP contribution < -0.4 is 5.32 Å². The zero-order chi connectivity index (χ0) is 13.8. The third-order valence-electron chi connectivity index (χ3n) is 2.58. The molecule has 1 amide bonds. The maximum absolute atomic E-state index is 12.0. The topological polar surface area (TPSA) is 52.9 Å². The van der Waals surface area contributed by atoms with Gasteiger partial charge in [0.2, 0.25) is 0 Å². The monoisotopic (exact) mass is 270 g/mol. The SMILES string of the molecule is Cc1cc(Cl)cc(C(=O)Nc2ccc(C#N)cc2)c1. The first-order valence-electron chi connectivity index (χ1n) is 5.67. The van der Waals surface area contributed by atoms with E-state index in [2.05, 4.69) is 5.32 Å². The van der Waals surface area contributed by atoms with Crippen molar-refractivity contribution in [3.05, 3.63) is 64.2 Å². The van der Waals surface area contributed by atoms with E-state index in [1.165, 1.54) is 0 Å². The highest BCUT2D eigenvalue weighted by Crippen LogP contribution is 2.16. The molecule has 0 heterocycles. The first-order valence-corrected chi connectivity index (χ1v) is 6.05. The third-order valence-corrected chi connectivity index (χ3v) is 2.79. The Balaban J connectivity index is 2.18. The third kappa shape index (κ3) is 3.34. The highest BCUT2D eigenvalue weighted by molar-refractivity contribution is 6.31. The van der Waals surface area contributed by atoms with Crippen LogP contribution in [0.15, 0.2) is 42.5 Å². The smallest absolute Gasteiger partial charge is 0.255 e. The summed E-state index contributed by atoms with van der Waals surface area (Å²) in [5.74, 6) is -0.227. The van der Waals surface area contributed by atoms with Crippen LogP contribution in [0.3, 0.4) is 0 Å². The Morgan fingerprint density at radius 3 is 2.47 bits per heavy atom. The van der Waals surface area contributed by atoms with Crippen LogP contribution in [0.5, 0.6) is 0 Å². The number of carbonyl (C=O) groups excluding carboxylic acids is 1. The van der Waals surface area contributed by atoms with Gasteiger partial charge in [-0.3, -0.25) is 4.79 Å². The summed E-state index contributed by atoms with van der Waals surface area (Å²) in [7, 11) is 0. The molecule has 0 aliphatic heterocycles. The molecule has 4 heteroatoms. The molecule has 0 aliphatic rings. The van der Waals surface area contributed by atoms with Gasteiger partial charge in [0.1, 0.15) is 0 Å².